The van der Waals surface area contributed by atoms with E-state index in [9.17, 15) is 0 Å². The van der Waals surface area contributed by atoms with Gasteiger partial charge in [-0.05, 0) is 51.9 Å². The maximum atomic E-state index is 5.97. The Labute approximate surface area is 104 Å². The highest BCUT2D eigenvalue weighted by Crippen LogP contribution is 2.32. The molecule has 0 atom stereocenters. The highest BCUT2D eigenvalue weighted by molar-refractivity contribution is 9.11. The Bertz CT molecular complexity index is 489. The third kappa shape index (κ3) is 2.68. The first-order valence-electron chi connectivity index (χ1n) is 4.08. The van der Waals surface area contributed by atoms with Crippen molar-refractivity contribution in [2.24, 2.45) is 0 Å². The smallest absolute Gasteiger partial charge is 0.300 e. The molecule has 0 saturated carbocycles. The second-order valence-electron chi connectivity index (χ2n) is 2.86. The van der Waals surface area contributed by atoms with Crippen molar-refractivity contribution in [3.05, 3.63) is 32.7 Å². The van der Waals surface area contributed by atoms with Crippen LogP contribution in [0.1, 0.15) is 5.56 Å². The zero-order chi connectivity index (χ0) is 10.8. The molecule has 0 bridgehead atoms. The summed E-state index contributed by atoms with van der Waals surface area (Å²) >= 11 is 10.5. The van der Waals surface area contributed by atoms with E-state index in [0.717, 1.165) is 5.56 Å². The number of ether oxygens (including phenoxy) is 1. The number of halogens is 2. The first-order valence-corrected chi connectivity index (χ1v) is 6.07. The number of aromatic nitrogens is 2. The molecule has 2 aromatic rings. The first-order chi connectivity index (χ1) is 7.15. The molecule has 78 valence electrons. The van der Waals surface area contributed by atoms with E-state index in [2.05, 4.69) is 26.1 Å². The van der Waals surface area contributed by atoms with Crippen LogP contribution in [-0.2, 0) is 0 Å². The average molecular weight is 306 g/mol. The number of rotatable bonds is 2. The lowest BCUT2D eigenvalue weighted by Crippen LogP contribution is -1.85. The van der Waals surface area contributed by atoms with Crippen molar-refractivity contribution in [1.29, 1.82) is 0 Å². The van der Waals surface area contributed by atoms with Gasteiger partial charge in [0, 0.05) is 0 Å². The molecular formula is C9H6BrClN2OS. The molecule has 3 nitrogen and oxygen atoms in total. The summed E-state index contributed by atoms with van der Waals surface area (Å²) in [4.78, 5) is 0. The maximum absolute atomic E-state index is 5.97. The molecule has 1 heterocycles. The van der Waals surface area contributed by atoms with E-state index in [-0.39, 0.29) is 0 Å². The summed E-state index contributed by atoms with van der Waals surface area (Å²) < 4.78 is 6.18. The number of nitrogens with zero attached hydrogens (tertiary/aromatic N) is 2. The van der Waals surface area contributed by atoms with Crippen molar-refractivity contribution in [2.45, 2.75) is 6.92 Å². The quantitative estimate of drug-likeness (QED) is 0.839. The van der Waals surface area contributed by atoms with Crippen LogP contribution in [0.5, 0.6) is 10.9 Å². The van der Waals surface area contributed by atoms with Gasteiger partial charge in [-0.15, -0.1) is 5.10 Å². The van der Waals surface area contributed by atoms with Crippen molar-refractivity contribution >= 4 is 38.9 Å². The van der Waals surface area contributed by atoms with Crippen molar-refractivity contribution in [1.82, 2.24) is 10.2 Å². The van der Waals surface area contributed by atoms with Crippen LogP contribution in [-0.4, -0.2) is 10.2 Å². The number of hydrogen-bond donors (Lipinski definition) is 0. The minimum atomic E-state index is 0.467. The highest BCUT2D eigenvalue weighted by Gasteiger charge is 2.07. The zero-order valence-electron chi connectivity index (χ0n) is 7.70. The van der Waals surface area contributed by atoms with Gasteiger partial charge in [-0.25, -0.2) is 0 Å². The van der Waals surface area contributed by atoms with E-state index in [1.54, 1.807) is 6.07 Å². The van der Waals surface area contributed by atoms with Gasteiger partial charge in [0.2, 0.25) is 0 Å². The predicted molar refractivity (Wildman–Crippen MR) is 63.9 cm³/mol. The van der Waals surface area contributed by atoms with Gasteiger partial charge in [0.1, 0.15) is 5.75 Å². The molecule has 0 N–H and O–H groups in total. The van der Waals surface area contributed by atoms with Crippen molar-refractivity contribution in [3.8, 4) is 10.9 Å². The third-order valence-corrected chi connectivity index (χ3v) is 3.21. The SMILES string of the molecule is Cc1ccc(Cl)c(Oc2nnc(Br)s2)c1. The summed E-state index contributed by atoms with van der Waals surface area (Å²) in [7, 11) is 0. The topological polar surface area (TPSA) is 35.0 Å². The molecule has 1 aromatic carbocycles. The Balaban J connectivity index is 2.27. The van der Waals surface area contributed by atoms with Crippen LogP contribution in [0.4, 0.5) is 0 Å². The summed E-state index contributed by atoms with van der Waals surface area (Å²) in [6.45, 7) is 1.97. The predicted octanol–water partition coefficient (Wildman–Crippen LogP) is 4.05. The molecule has 1 aromatic heterocycles. The van der Waals surface area contributed by atoms with Crippen LogP contribution < -0.4 is 4.74 Å². The third-order valence-electron chi connectivity index (χ3n) is 1.67. The molecule has 0 unspecified atom stereocenters. The Morgan fingerprint density at radius 3 is 2.87 bits per heavy atom. The van der Waals surface area contributed by atoms with Crippen molar-refractivity contribution in [3.63, 3.8) is 0 Å². The Kier molecular flexibility index (Phi) is 3.23. The van der Waals surface area contributed by atoms with Gasteiger partial charge in [-0.2, -0.15) is 0 Å². The fourth-order valence-electron chi connectivity index (χ4n) is 1.02. The molecule has 0 fully saturated rings. The van der Waals surface area contributed by atoms with Gasteiger partial charge in [-0.1, -0.05) is 22.8 Å². The molecule has 0 aliphatic rings. The summed E-state index contributed by atoms with van der Waals surface area (Å²) in [6, 6.07) is 5.57. The lowest BCUT2D eigenvalue weighted by molar-refractivity contribution is 0.473. The number of aryl methyl sites for hydroxylation is 1. The molecule has 0 spiro atoms. The number of benzene rings is 1. The fourth-order valence-corrected chi connectivity index (χ4v) is 2.11. The Morgan fingerprint density at radius 2 is 2.20 bits per heavy atom. The van der Waals surface area contributed by atoms with E-state index in [1.807, 2.05) is 19.1 Å². The largest absolute Gasteiger partial charge is 0.428 e. The standard InChI is InChI=1S/C9H6BrClN2OS/c1-5-2-3-6(11)7(4-5)14-9-13-12-8(10)15-9/h2-4H,1H3. The van der Waals surface area contributed by atoms with Crippen LogP contribution >= 0.6 is 38.9 Å². The van der Waals surface area contributed by atoms with Crippen LogP contribution in [0.15, 0.2) is 22.1 Å². The van der Waals surface area contributed by atoms with Crippen LogP contribution in [0.3, 0.4) is 0 Å². The molecule has 0 aliphatic heterocycles. The minimum Gasteiger partial charge on any atom is -0.428 e. The van der Waals surface area contributed by atoms with Crippen LogP contribution in [0, 0.1) is 6.92 Å². The molecule has 0 aliphatic carbocycles. The van der Waals surface area contributed by atoms with E-state index < -0.39 is 0 Å². The van der Waals surface area contributed by atoms with Crippen LogP contribution in [0.2, 0.25) is 5.02 Å². The summed E-state index contributed by atoms with van der Waals surface area (Å²) in [5, 5.41) is 8.63. The lowest BCUT2D eigenvalue weighted by Gasteiger charge is -2.04. The normalized spacial score (nSPS) is 10.3. The minimum absolute atomic E-state index is 0.467. The molecule has 0 radical (unpaired) electrons. The van der Waals surface area contributed by atoms with Gasteiger partial charge in [-0.3, -0.25) is 0 Å². The molecule has 6 heteroatoms. The Hall–Kier alpha value is -0.650. The summed E-state index contributed by atoms with van der Waals surface area (Å²) in [5.41, 5.74) is 1.08. The van der Waals surface area contributed by atoms with Gasteiger partial charge in [0.15, 0.2) is 3.92 Å². The van der Waals surface area contributed by atoms with Gasteiger partial charge in [0.05, 0.1) is 5.02 Å². The molecule has 2 rings (SSSR count). The number of hydrogen-bond acceptors (Lipinski definition) is 4. The molecule has 15 heavy (non-hydrogen) atoms. The summed E-state index contributed by atoms with van der Waals surface area (Å²) in [6.07, 6.45) is 0. The van der Waals surface area contributed by atoms with Crippen LogP contribution in [0.25, 0.3) is 0 Å². The highest BCUT2D eigenvalue weighted by atomic mass is 79.9. The average Bonchev–Trinajstić information content (AvgIpc) is 2.58. The van der Waals surface area contributed by atoms with E-state index in [1.165, 1.54) is 11.3 Å². The maximum Gasteiger partial charge on any atom is 0.300 e. The monoisotopic (exact) mass is 304 g/mol. The van der Waals surface area contributed by atoms with Crippen molar-refractivity contribution in [2.75, 3.05) is 0 Å². The summed E-state index contributed by atoms with van der Waals surface area (Å²) in [5.74, 6) is 0.598. The molecule has 0 saturated heterocycles. The van der Waals surface area contributed by atoms with E-state index in [0.29, 0.717) is 19.9 Å². The fraction of sp³-hybridized carbons (Fsp3) is 0.111. The zero-order valence-corrected chi connectivity index (χ0v) is 10.9. The van der Waals surface area contributed by atoms with E-state index in [4.69, 9.17) is 16.3 Å². The lowest BCUT2D eigenvalue weighted by atomic mass is 10.2. The van der Waals surface area contributed by atoms with Gasteiger partial charge >= 0.3 is 0 Å². The van der Waals surface area contributed by atoms with Gasteiger partial charge in [0.25, 0.3) is 5.19 Å². The van der Waals surface area contributed by atoms with Gasteiger partial charge < -0.3 is 4.74 Å². The molecular weight excluding hydrogens is 300 g/mol. The second kappa shape index (κ2) is 4.47. The van der Waals surface area contributed by atoms with E-state index >= 15 is 0 Å². The van der Waals surface area contributed by atoms with Crippen molar-refractivity contribution < 1.29 is 4.74 Å². The Morgan fingerprint density at radius 1 is 1.40 bits per heavy atom. The first kappa shape index (κ1) is 10.9. The molecule has 0 amide bonds. The second-order valence-corrected chi connectivity index (χ2v) is 5.48.